The lowest BCUT2D eigenvalue weighted by atomic mass is 10.2. The second-order valence-electron chi connectivity index (χ2n) is 2.60. The number of aromatic nitrogens is 1. The Morgan fingerprint density at radius 2 is 2.19 bits per heavy atom. The predicted octanol–water partition coefficient (Wildman–Crippen LogP) is 3.14. The third-order valence-electron chi connectivity index (χ3n) is 1.54. The fourth-order valence-corrected chi connectivity index (χ4v) is 1.76. The van der Waals surface area contributed by atoms with E-state index in [4.69, 9.17) is 11.6 Å². The topological polar surface area (TPSA) is 39.2 Å². The first-order chi connectivity index (χ1) is 7.37. The highest BCUT2D eigenvalue weighted by Gasteiger charge is 2.32. The van der Waals surface area contributed by atoms with Gasteiger partial charge in [0, 0.05) is 6.07 Å². The molecule has 0 atom stereocenters. The second kappa shape index (κ2) is 5.17. The van der Waals surface area contributed by atoms with Gasteiger partial charge in [-0.15, -0.1) is 24.8 Å². The van der Waals surface area contributed by atoms with Crippen molar-refractivity contribution in [1.29, 1.82) is 0 Å². The Hall–Kier alpha value is -0.570. The van der Waals surface area contributed by atoms with Crippen LogP contribution in [-0.4, -0.2) is 17.6 Å². The molecule has 0 amide bonds. The summed E-state index contributed by atoms with van der Waals surface area (Å²) in [6.45, 7) is 0. The largest absolute Gasteiger partial charge is 0.573 e. The van der Waals surface area contributed by atoms with Gasteiger partial charge in [0.15, 0.2) is 6.29 Å². The van der Waals surface area contributed by atoms with E-state index in [0.717, 1.165) is 6.07 Å². The highest BCUT2D eigenvalue weighted by Crippen LogP contribution is 2.28. The third-order valence-corrected chi connectivity index (χ3v) is 2.34. The van der Waals surface area contributed by atoms with Crippen LogP contribution in [0.1, 0.15) is 16.1 Å². The quantitative estimate of drug-likeness (QED) is 0.358. The van der Waals surface area contributed by atoms with Crippen LogP contribution in [0.5, 0.6) is 5.75 Å². The number of halogens is 5. The van der Waals surface area contributed by atoms with Crippen molar-refractivity contribution in [2.75, 3.05) is 0 Å². The van der Waals surface area contributed by atoms with Gasteiger partial charge in [0.25, 0.3) is 0 Å². The minimum absolute atomic E-state index is 0.0582. The van der Waals surface area contributed by atoms with E-state index >= 15 is 0 Å². The summed E-state index contributed by atoms with van der Waals surface area (Å²) in [4.78, 5) is 14.5. The monoisotopic (exact) mass is 365 g/mol. The zero-order chi connectivity index (χ0) is 12.3. The normalized spacial score (nSPS) is 11.3. The van der Waals surface area contributed by atoms with Crippen molar-refractivity contribution in [3.05, 3.63) is 21.0 Å². The first kappa shape index (κ1) is 13.5. The number of carbonyl (C=O) groups excluding carboxylic acids is 1. The molecule has 0 aliphatic carbocycles. The Balaban J connectivity index is 3.25. The SMILES string of the molecule is O=Cc1c(OC(F)(F)F)cc(I)nc1CCl. The van der Waals surface area contributed by atoms with Crippen LogP contribution in [0, 0.1) is 3.70 Å². The Morgan fingerprint density at radius 3 is 2.62 bits per heavy atom. The maximum absolute atomic E-state index is 12.0. The van der Waals surface area contributed by atoms with Crippen LogP contribution >= 0.6 is 34.2 Å². The van der Waals surface area contributed by atoms with Crippen LogP contribution in [-0.2, 0) is 5.88 Å². The molecule has 16 heavy (non-hydrogen) atoms. The van der Waals surface area contributed by atoms with Gasteiger partial charge in [-0.05, 0) is 22.6 Å². The van der Waals surface area contributed by atoms with Crippen LogP contribution in [0.4, 0.5) is 13.2 Å². The molecule has 0 N–H and O–H groups in total. The lowest BCUT2D eigenvalue weighted by Crippen LogP contribution is -2.19. The fraction of sp³-hybridized carbons (Fsp3) is 0.250. The van der Waals surface area contributed by atoms with E-state index in [1.165, 1.54) is 0 Å². The van der Waals surface area contributed by atoms with Gasteiger partial charge in [0.1, 0.15) is 9.45 Å². The smallest absolute Gasteiger partial charge is 0.405 e. The lowest BCUT2D eigenvalue weighted by Gasteiger charge is -2.12. The molecule has 0 saturated carbocycles. The lowest BCUT2D eigenvalue weighted by molar-refractivity contribution is -0.274. The fourth-order valence-electron chi connectivity index (χ4n) is 0.987. The number of hydrogen-bond donors (Lipinski definition) is 0. The van der Waals surface area contributed by atoms with E-state index < -0.39 is 12.1 Å². The molecule has 1 heterocycles. The van der Waals surface area contributed by atoms with Crippen molar-refractivity contribution in [3.63, 3.8) is 0 Å². The highest BCUT2D eigenvalue weighted by molar-refractivity contribution is 14.1. The molecule has 0 saturated heterocycles. The van der Waals surface area contributed by atoms with Gasteiger partial charge in [-0.3, -0.25) is 4.79 Å². The summed E-state index contributed by atoms with van der Waals surface area (Å²) in [6, 6.07) is 1.02. The number of carbonyl (C=O) groups is 1. The summed E-state index contributed by atoms with van der Waals surface area (Å²) >= 11 is 7.17. The van der Waals surface area contributed by atoms with Crippen LogP contribution in [0.2, 0.25) is 0 Å². The molecule has 0 fully saturated rings. The molecule has 0 aromatic carbocycles. The Labute approximate surface area is 107 Å². The van der Waals surface area contributed by atoms with E-state index in [1.54, 1.807) is 22.6 Å². The number of hydrogen-bond acceptors (Lipinski definition) is 3. The number of alkyl halides is 4. The molecule has 0 spiro atoms. The van der Waals surface area contributed by atoms with Gasteiger partial charge < -0.3 is 4.74 Å². The molecule has 1 aromatic heterocycles. The van der Waals surface area contributed by atoms with Crippen molar-refractivity contribution in [2.24, 2.45) is 0 Å². The van der Waals surface area contributed by atoms with Crippen LogP contribution in [0.15, 0.2) is 6.07 Å². The molecule has 0 aliphatic rings. The molecular weight excluding hydrogens is 361 g/mol. The first-order valence-electron chi connectivity index (χ1n) is 3.83. The molecule has 0 unspecified atom stereocenters. The number of ether oxygens (including phenoxy) is 1. The number of rotatable bonds is 3. The van der Waals surface area contributed by atoms with Gasteiger partial charge >= 0.3 is 6.36 Å². The third kappa shape index (κ3) is 3.48. The minimum atomic E-state index is -4.86. The Bertz CT molecular complexity index is 411. The molecule has 0 bridgehead atoms. The summed E-state index contributed by atoms with van der Waals surface area (Å²) in [7, 11) is 0. The molecule has 0 radical (unpaired) electrons. The standard InChI is InChI=1S/C8H4ClF3INO2/c9-2-5-4(3-15)6(1-7(13)14-5)16-8(10,11)12/h1,3H,2H2. The van der Waals surface area contributed by atoms with Crippen LogP contribution < -0.4 is 4.74 Å². The van der Waals surface area contributed by atoms with E-state index in [1.807, 2.05) is 0 Å². The van der Waals surface area contributed by atoms with Crippen LogP contribution in [0.3, 0.4) is 0 Å². The maximum atomic E-state index is 12.0. The van der Waals surface area contributed by atoms with Crippen molar-refractivity contribution in [3.8, 4) is 5.75 Å². The molecule has 88 valence electrons. The van der Waals surface area contributed by atoms with Crippen LogP contribution in [0.25, 0.3) is 0 Å². The van der Waals surface area contributed by atoms with Gasteiger partial charge in [-0.1, -0.05) is 0 Å². The number of nitrogens with zero attached hydrogens (tertiary/aromatic N) is 1. The summed E-state index contributed by atoms with van der Waals surface area (Å²) in [5, 5.41) is 0. The molecule has 1 rings (SSSR count). The van der Waals surface area contributed by atoms with Crippen molar-refractivity contribution < 1.29 is 22.7 Å². The second-order valence-corrected chi connectivity index (χ2v) is 3.98. The zero-order valence-corrected chi connectivity index (χ0v) is 10.4. The predicted molar refractivity (Wildman–Crippen MR) is 58.6 cm³/mol. The summed E-state index contributed by atoms with van der Waals surface area (Å²) in [5.74, 6) is -0.753. The van der Waals surface area contributed by atoms with E-state index in [0.29, 0.717) is 0 Å². The molecule has 8 heteroatoms. The van der Waals surface area contributed by atoms with Gasteiger partial charge in [0.05, 0.1) is 17.1 Å². The maximum Gasteiger partial charge on any atom is 0.573 e. The molecular formula is C8H4ClF3INO2. The molecule has 1 aromatic rings. The molecule has 0 aliphatic heterocycles. The van der Waals surface area contributed by atoms with Gasteiger partial charge in [-0.2, -0.15) is 0 Å². The van der Waals surface area contributed by atoms with Crippen molar-refractivity contribution in [1.82, 2.24) is 4.98 Å². The molecule has 3 nitrogen and oxygen atoms in total. The zero-order valence-electron chi connectivity index (χ0n) is 7.52. The summed E-state index contributed by atoms with van der Waals surface area (Å²) < 4.78 is 40.1. The summed E-state index contributed by atoms with van der Waals surface area (Å²) in [6.07, 6.45) is -4.62. The van der Waals surface area contributed by atoms with E-state index in [9.17, 15) is 18.0 Å². The number of pyridine rings is 1. The average molecular weight is 365 g/mol. The summed E-state index contributed by atoms with van der Waals surface area (Å²) in [5.41, 5.74) is -0.226. The van der Waals surface area contributed by atoms with E-state index in [-0.39, 0.29) is 27.1 Å². The van der Waals surface area contributed by atoms with Gasteiger partial charge in [-0.25, -0.2) is 4.98 Å². The highest BCUT2D eigenvalue weighted by atomic mass is 127. The van der Waals surface area contributed by atoms with Gasteiger partial charge in [0.2, 0.25) is 0 Å². The van der Waals surface area contributed by atoms with E-state index in [2.05, 4.69) is 9.72 Å². The average Bonchev–Trinajstić information content (AvgIpc) is 2.14. The minimum Gasteiger partial charge on any atom is -0.405 e. The Morgan fingerprint density at radius 1 is 1.56 bits per heavy atom. The Kier molecular flexibility index (Phi) is 4.36. The van der Waals surface area contributed by atoms with Crippen molar-refractivity contribution in [2.45, 2.75) is 12.2 Å². The number of aldehydes is 1. The first-order valence-corrected chi connectivity index (χ1v) is 5.45. The van der Waals surface area contributed by atoms with Crippen molar-refractivity contribution >= 4 is 40.5 Å².